The van der Waals surface area contributed by atoms with Gasteiger partial charge in [0.1, 0.15) is 0 Å². The van der Waals surface area contributed by atoms with Crippen LogP contribution < -0.4 is 5.73 Å². The summed E-state index contributed by atoms with van der Waals surface area (Å²) < 4.78 is 0. The van der Waals surface area contributed by atoms with Crippen LogP contribution in [0.15, 0.2) is 24.3 Å². The van der Waals surface area contributed by atoms with Gasteiger partial charge in [-0.05, 0) is 37.6 Å². The topological polar surface area (TPSA) is 29.3 Å². The van der Waals surface area contributed by atoms with Crippen molar-refractivity contribution >= 4 is 11.6 Å². The van der Waals surface area contributed by atoms with E-state index in [2.05, 4.69) is 18.0 Å². The van der Waals surface area contributed by atoms with Crippen molar-refractivity contribution in [2.24, 2.45) is 5.73 Å². The van der Waals surface area contributed by atoms with Gasteiger partial charge < -0.3 is 5.73 Å². The second-order valence-corrected chi connectivity index (χ2v) is 5.14. The highest BCUT2D eigenvalue weighted by atomic mass is 35.5. The van der Waals surface area contributed by atoms with E-state index in [4.69, 9.17) is 17.3 Å². The fraction of sp³-hybridized carbons (Fsp3) is 0.538. The van der Waals surface area contributed by atoms with Crippen LogP contribution >= 0.6 is 11.6 Å². The summed E-state index contributed by atoms with van der Waals surface area (Å²) in [4.78, 5) is 2.35. The third-order valence-electron chi connectivity index (χ3n) is 3.42. The first kappa shape index (κ1) is 11.9. The molecular weight excluding hydrogens is 220 g/mol. The largest absolute Gasteiger partial charge is 0.326 e. The Labute approximate surface area is 102 Å². The average molecular weight is 239 g/mol. The number of hydrogen-bond acceptors (Lipinski definition) is 2. The monoisotopic (exact) mass is 238 g/mol. The normalized spacial score (nSPS) is 25.2. The van der Waals surface area contributed by atoms with Gasteiger partial charge in [0.15, 0.2) is 0 Å². The molecule has 1 aromatic rings. The van der Waals surface area contributed by atoms with Gasteiger partial charge in [0.2, 0.25) is 0 Å². The molecule has 2 unspecified atom stereocenters. The highest BCUT2D eigenvalue weighted by Gasteiger charge is 2.27. The zero-order valence-corrected chi connectivity index (χ0v) is 10.5. The molecule has 16 heavy (non-hydrogen) atoms. The molecule has 0 spiro atoms. The predicted molar refractivity (Wildman–Crippen MR) is 68.5 cm³/mol. The summed E-state index contributed by atoms with van der Waals surface area (Å²) in [6.07, 6.45) is 3.63. The summed E-state index contributed by atoms with van der Waals surface area (Å²) in [5.41, 5.74) is 7.35. The van der Waals surface area contributed by atoms with Crippen LogP contribution in [0.25, 0.3) is 0 Å². The zero-order chi connectivity index (χ0) is 11.5. The Morgan fingerprint density at radius 3 is 2.88 bits per heavy atom. The third-order valence-corrected chi connectivity index (χ3v) is 3.65. The second kappa shape index (κ2) is 5.17. The lowest BCUT2D eigenvalue weighted by atomic mass is 10.1. The molecule has 1 aromatic carbocycles. The molecule has 0 heterocycles. The van der Waals surface area contributed by atoms with E-state index < -0.39 is 0 Å². The van der Waals surface area contributed by atoms with Gasteiger partial charge in [0, 0.05) is 23.7 Å². The van der Waals surface area contributed by atoms with Gasteiger partial charge in [-0.2, -0.15) is 0 Å². The van der Waals surface area contributed by atoms with E-state index in [9.17, 15) is 0 Å². The van der Waals surface area contributed by atoms with E-state index in [0.29, 0.717) is 12.1 Å². The summed E-state index contributed by atoms with van der Waals surface area (Å²) in [5, 5.41) is 0.807. The van der Waals surface area contributed by atoms with Crippen LogP contribution in [0.4, 0.5) is 0 Å². The number of halogens is 1. The van der Waals surface area contributed by atoms with Gasteiger partial charge in [-0.25, -0.2) is 0 Å². The molecule has 0 bridgehead atoms. The van der Waals surface area contributed by atoms with Crippen LogP contribution in [-0.2, 0) is 6.54 Å². The first-order valence-corrected chi connectivity index (χ1v) is 6.25. The quantitative estimate of drug-likeness (QED) is 0.877. The Bertz CT molecular complexity index is 354. The fourth-order valence-electron chi connectivity index (χ4n) is 2.56. The van der Waals surface area contributed by atoms with E-state index in [-0.39, 0.29) is 0 Å². The van der Waals surface area contributed by atoms with E-state index in [0.717, 1.165) is 18.0 Å². The van der Waals surface area contributed by atoms with Crippen LogP contribution in [0.5, 0.6) is 0 Å². The lowest BCUT2D eigenvalue weighted by molar-refractivity contribution is 0.220. The summed E-state index contributed by atoms with van der Waals surface area (Å²) in [7, 11) is 2.15. The van der Waals surface area contributed by atoms with Crippen molar-refractivity contribution in [3.8, 4) is 0 Å². The Morgan fingerprint density at radius 1 is 1.44 bits per heavy atom. The van der Waals surface area contributed by atoms with Gasteiger partial charge in [0.05, 0.1) is 0 Å². The first-order valence-electron chi connectivity index (χ1n) is 5.87. The van der Waals surface area contributed by atoms with Crippen molar-refractivity contribution < 1.29 is 0 Å². The lowest BCUT2D eigenvalue weighted by Crippen LogP contribution is -2.41. The van der Waals surface area contributed by atoms with Crippen molar-refractivity contribution in [2.45, 2.75) is 37.9 Å². The lowest BCUT2D eigenvalue weighted by Gasteiger charge is -2.27. The van der Waals surface area contributed by atoms with Gasteiger partial charge in [-0.1, -0.05) is 30.2 Å². The minimum absolute atomic E-state index is 0.337. The van der Waals surface area contributed by atoms with Crippen molar-refractivity contribution in [3.05, 3.63) is 34.9 Å². The molecule has 0 amide bonds. The molecule has 1 aliphatic carbocycles. The van der Waals surface area contributed by atoms with E-state index in [1.807, 2.05) is 18.2 Å². The molecule has 2 nitrogen and oxygen atoms in total. The molecule has 1 fully saturated rings. The first-order chi connectivity index (χ1) is 7.66. The zero-order valence-electron chi connectivity index (χ0n) is 9.70. The summed E-state index contributed by atoms with van der Waals surface area (Å²) in [6, 6.07) is 8.91. The van der Waals surface area contributed by atoms with Gasteiger partial charge >= 0.3 is 0 Å². The molecule has 2 rings (SSSR count). The van der Waals surface area contributed by atoms with Crippen LogP contribution in [-0.4, -0.2) is 24.0 Å². The Balaban J connectivity index is 1.99. The maximum Gasteiger partial charge on any atom is 0.0409 e. The number of benzene rings is 1. The molecule has 1 aliphatic rings. The minimum atomic E-state index is 0.337. The van der Waals surface area contributed by atoms with Gasteiger partial charge in [-0.15, -0.1) is 0 Å². The summed E-state index contributed by atoms with van der Waals surface area (Å²) >= 11 is 5.97. The van der Waals surface area contributed by atoms with E-state index >= 15 is 0 Å². The molecule has 2 N–H and O–H groups in total. The Kier molecular flexibility index (Phi) is 3.85. The maximum atomic E-state index is 6.10. The summed E-state index contributed by atoms with van der Waals surface area (Å²) in [5.74, 6) is 0. The van der Waals surface area contributed by atoms with Crippen LogP contribution in [0.2, 0.25) is 5.02 Å². The third kappa shape index (κ3) is 2.76. The number of nitrogens with zero attached hydrogens (tertiary/aromatic N) is 1. The standard InChI is InChI=1S/C13H19ClN2/c1-16(13-7-3-6-12(13)15)9-10-4-2-5-11(14)8-10/h2,4-5,8,12-13H,3,6-7,9,15H2,1H3. The maximum absolute atomic E-state index is 6.10. The number of likely N-dealkylation sites (N-methyl/N-ethyl adjacent to an activating group) is 1. The molecule has 0 radical (unpaired) electrons. The van der Waals surface area contributed by atoms with Crippen molar-refractivity contribution in [1.82, 2.24) is 4.90 Å². The van der Waals surface area contributed by atoms with Gasteiger partial charge in [0.25, 0.3) is 0 Å². The van der Waals surface area contributed by atoms with Crippen LogP contribution in [0.3, 0.4) is 0 Å². The molecule has 3 heteroatoms. The summed E-state index contributed by atoms with van der Waals surface area (Å²) in [6.45, 7) is 0.929. The van der Waals surface area contributed by atoms with Gasteiger partial charge in [-0.3, -0.25) is 4.90 Å². The van der Waals surface area contributed by atoms with E-state index in [1.165, 1.54) is 18.4 Å². The average Bonchev–Trinajstić information content (AvgIpc) is 2.64. The molecule has 88 valence electrons. The molecule has 0 aromatic heterocycles. The highest BCUT2D eigenvalue weighted by molar-refractivity contribution is 6.30. The Morgan fingerprint density at radius 2 is 2.25 bits per heavy atom. The fourth-order valence-corrected chi connectivity index (χ4v) is 2.77. The smallest absolute Gasteiger partial charge is 0.0409 e. The van der Waals surface area contributed by atoms with E-state index in [1.54, 1.807) is 0 Å². The Hall–Kier alpha value is -0.570. The van der Waals surface area contributed by atoms with Crippen molar-refractivity contribution in [3.63, 3.8) is 0 Å². The number of rotatable bonds is 3. The van der Waals surface area contributed by atoms with Crippen LogP contribution in [0, 0.1) is 0 Å². The number of hydrogen-bond donors (Lipinski definition) is 1. The molecule has 0 saturated heterocycles. The number of nitrogens with two attached hydrogens (primary N) is 1. The van der Waals surface area contributed by atoms with Crippen molar-refractivity contribution in [1.29, 1.82) is 0 Å². The van der Waals surface area contributed by atoms with Crippen LogP contribution in [0.1, 0.15) is 24.8 Å². The molecular formula is C13H19ClN2. The minimum Gasteiger partial charge on any atom is -0.326 e. The van der Waals surface area contributed by atoms with Crippen molar-refractivity contribution in [2.75, 3.05) is 7.05 Å². The molecule has 2 atom stereocenters. The predicted octanol–water partition coefficient (Wildman–Crippen LogP) is 2.65. The second-order valence-electron chi connectivity index (χ2n) is 4.71. The molecule has 1 saturated carbocycles. The highest BCUT2D eigenvalue weighted by Crippen LogP contribution is 2.23. The molecule has 0 aliphatic heterocycles. The SMILES string of the molecule is CN(Cc1cccc(Cl)c1)C1CCCC1N.